The number of pyridine rings is 1. The van der Waals surface area contributed by atoms with Crippen LogP contribution in [0.5, 0.6) is 0 Å². The summed E-state index contributed by atoms with van der Waals surface area (Å²) < 4.78 is 26.4. The van der Waals surface area contributed by atoms with Gasteiger partial charge < -0.3 is 4.90 Å². The number of halogens is 2. The van der Waals surface area contributed by atoms with Crippen LogP contribution in [0.1, 0.15) is 29.8 Å². The van der Waals surface area contributed by atoms with Crippen molar-refractivity contribution in [3.63, 3.8) is 0 Å². The number of nitrogens with one attached hydrogen (secondary N) is 1. The summed E-state index contributed by atoms with van der Waals surface area (Å²) in [6.45, 7) is 1.44. The zero-order valence-corrected chi connectivity index (χ0v) is 15.4. The van der Waals surface area contributed by atoms with E-state index >= 15 is 0 Å². The van der Waals surface area contributed by atoms with Crippen LogP contribution >= 0.6 is 0 Å². The van der Waals surface area contributed by atoms with Crippen molar-refractivity contribution in [2.24, 2.45) is 5.92 Å². The lowest BCUT2D eigenvalue weighted by molar-refractivity contribution is 0.0830. The van der Waals surface area contributed by atoms with Gasteiger partial charge in [0.2, 0.25) is 0 Å². The fraction of sp³-hybridized carbons (Fsp3) is 0.421. The van der Waals surface area contributed by atoms with Crippen LogP contribution in [0.3, 0.4) is 0 Å². The minimum absolute atomic E-state index is 0.0928. The van der Waals surface area contributed by atoms with E-state index < -0.39 is 23.7 Å². The molecule has 2 amide bonds. The van der Waals surface area contributed by atoms with E-state index in [9.17, 15) is 18.4 Å². The molecule has 2 atom stereocenters. The lowest BCUT2D eigenvalue weighted by Crippen LogP contribution is -2.48. The molecule has 0 radical (unpaired) electrons. The Kier molecular flexibility index (Phi) is 3.97. The number of urea groups is 1. The van der Waals surface area contributed by atoms with Gasteiger partial charge in [0.15, 0.2) is 17.4 Å². The fourth-order valence-electron chi connectivity index (χ4n) is 3.98. The summed E-state index contributed by atoms with van der Waals surface area (Å²) in [5, 5.41) is 2.71. The largest absolute Gasteiger partial charge is 0.366 e. The first kappa shape index (κ1) is 17.9. The Morgan fingerprint density at radius 1 is 1.28 bits per heavy atom. The molecule has 1 saturated carbocycles. The molecule has 2 fully saturated rings. The number of fused-ring (bicyclic) bond motifs is 4. The van der Waals surface area contributed by atoms with E-state index in [1.807, 2.05) is 0 Å². The lowest BCUT2D eigenvalue weighted by Gasteiger charge is -2.35. The van der Waals surface area contributed by atoms with Gasteiger partial charge >= 0.3 is 6.03 Å². The third-order valence-corrected chi connectivity index (χ3v) is 5.64. The first-order chi connectivity index (χ1) is 13.9. The number of anilines is 3. The van der Waals surface area contributed by atoms with Crippen molar-refractivity contribution >= 4 is 29.1 Å². The van der Waals surface area contributed by atoms with Crippen LogP contribution in [0.4, 0.5) is 30.9 Å². The van der Waals surface area contributed by atoms with Crippen LogP contribution in [0, 0.1) is 5.92 Å². The van der Waals surface area contributed by atoms with E-state index in [4.69, 9.17) is 0 Å². The van der Waals surface area contributed by atoms with Gasteiger partial charge in [0.05, 0.1) is 17.9 Å². The van der Waals surface area contributed by atoms with Crippen LogP contribution in [0.25, 0.3) is 0 Å². The van der Waals surface area contributed by atoms with Crippen LogP contribution in [-0.2, 0) is 0 Å². The van der Waals surface area contributed by atoms with Gasteiger partial charge in [0.25, 0.3) is 5.92 Å². The summed E-state index contributed by atoms with van der Waals surface area (Å²) in [7, 11) is 0. The van der Waals surface area contributed by atoms with Gasteiger partial charge in [0.1, 0.15) is 5.69 Å². The number of ketones is 1. The number of hydrogen-bond donors (Lipinski definition) is 1. The molecule has 2 aromatic rings. The van der Waals surface area contributed by atoms with Gasteiger partial charge in [0, 0.05) is 44.2 Å². The molecule has 3 aliphatic rings. The molecule has 2 bridgehead atoms. The van der Waals surface area contributed by atoms with E-state index in [2.05, 4.69) is 25.2 Å². The lowest BCUT2D eigenvalue weighted by atomic mass is 10.1. The molecule has 8 nitrogen and oxygen atoms in total. The molecule has 0 aromatic carbocycles. The third kappa shape index (κ3) is 3.18. The van der Waals surface area contributed by atoms with Crippen molar-refractivity contribution in [3.05, 3.63) is 36.4 Å². The van der Waals surface area contributed by atoms with Crippen molar-refractivity contribution in [1.29, 1.82) is 0 Å². The minimum Gasteiger partial charge on any atom is -0.366 e. The number of nitrogens with zero attached hydrogens (tertiary/aromatic N) is 5. The summed E-state index contributed by atoms with van der Waals surface area (Å²) in [6.07, 6.45) is 4.68. The number of carbonyl (C=O) groups is 2. The summed E-state index contributed by atoms with van der Waals surface area (Å²) in [5.74, 6) is -3.42. The predicted molar refractivity (Wildman–Crippen MR) is 100 cm³/mol. The average molecular weight is 400 g/mol. The Hall–Kier alpha value is -3.17. The summed E-state index contributed by atoms with van der Waals surface area (Å²) in [6, 6.07) is 2.79. The van der Waals surface area contributed by atoms with E-state index in [1.165, 1.54) is 23.5 Å². The highest BCUT2D eigenvalue weighted by molar-refractivity contribution is 6.05. The number of amides is 2. The number of alkyl halides is 2. The van der Waals surface area contributed by atoms with Gasteiger partial charge in [-0.1, -0.05) is 0 Å². The first-order valence-corrected chi connectivity index (χ1v) is 9.45. The molecule has 10 heteroatoms. The van der Waals surface area contributed by atoms with Gasteiger partial charge in [-0.05, 0) is 18.6 Å². The van der Waals surface area contributed by atoms with Crippen molar-refractivity contribution < 1.29 is 18.4 Å². The fourth-order valence-corrected chi connectivity index (χ4v) is 3.98. The Balaban J connectivity index is 1.44. The predicted octanol–water partition coefficient (Wildman–Crippen LogP) is 2.73. The van der Waals surface area contributed by atoms with Crippen LogP contribution in [0.2, 0.25) is 0 Å². The van der Waals surface area contributed by atoms with E-state index in [1.54, 1.807) is 12.1 Å². The number of aromatic nitrogens is 3. The molecule has 2 aromatic heterocycles. The van der Waals surface area contributed by atoms with Crippen LogP contribution < -0.4 is 15.1 Å². The van der Waals surface area contributed by atoms with Gasteiger partial charge in [-0.3, -0.25) is 20.0 Å². The quantitative estimate of drug-likeness (QED) is 0.794. The molecule has 5 rings (SSSR count). The van der Waals surface area contributed by atoms with E-state index in [-0.39, 0.29) is 24.6 Å². The van der Waals surface area contributed by atoms with Gasteiger partial charge in [-0.15, -0.1) is 0 Å². The monoisotopic (exact) mass is 400 g/mol. The minimum atomic E-state index is -2.75. The zero-order chi connectivity index (χ0) is 20.2. The van der Waals surface area contributed by atoms with Crippen molar-refractivity contribution in [2.75, 3.05) is 28.2 Å². The molecular formula is C19H18F2N6O2. The number of carbonyl (C=O) groups excluding carboxylic acids is 2. The Morgan fingerprint density at radius 2 is 2.10 bits per heavy atom. The molecule has 1 unspecified atom stereocenters. The zero-order valence-electron chi connectivity index (χ0n) is 15.4. The third-order valence-electron chi connectivity index (χ3n) is 5.64. The normalized spacial score (nSPS) is 23.5. The Labute approximate surface area is 165 Å². The van der Waals surface area contributed by atoms with E-state index in [0.717, 1.165) is 18.7 Å². The topological polar surface area (TPSA) is 91.3 Å². The summed E-state index contributed by atoms with van der Waals surface area (Å²) in [5.41, 5.74) is 0.854. The molecule has 1 N–H and O–H groups in total. The maximum absolute atomic E-state index is 13.2. The van der Waals surface area contributed by atoms with Crippen LogP contribution in [0.15, 0.2) is 30.7 Å². The Morgan fingerprint density at radius 3 is 2.83 bits per heavy atom. The maximum atomic E-state index is 13.2. The highest BCUT2D eigenvalue weighted by Gasteiger charge is 2.57. The molecule has 2 aliphatic heterocycles. The molecule has 1 saturated heterocycles. The van der Waals surface area contributed by atoms with Gasteiger partial charge in [-0.25, -0.2) is 23.5 Å². The Bertz CT molecular complexity index is 986. The molecule has 150 valence electrons. The second-order valence-electron chi connectivity index (χ2n) is 7.61. The molecule has 29 heavy (non-hydrogen) atoms. The van der Waals surface area contributed by atoms with Crippen molar-refractivity contribution in [2.45, 2.75) is 31.2 Å². The highest BCUT2D eigenvalue weighted by atomic mass is 19.3. The molecule has 1 aliphatic carbocycles. The molecule has 0 spiro atoms. The second-order valence-corrected chi connectivity index (χ2v) is 7.61. The molecule has 4 heterocycles. The SMILES string of the molecule is O=C(CC1CC1(F)F)c1ccc2c(n1)N(C(=O)Nc1cnccn1)[C@H]1CCN2C1. The standard InChI is InChI=1S/C19H18F2N6O2/c20-19(21)8-11(19)7-15(28)13-1-2-14-17(24-13)27(12-3-6-26(14)10-12)18(29)25-16-9-22-4-5-23-16/h1-2,4-5,9,11-12H,3,6-8,10H2,(H,23,25,29)/t11?,12-/m0/s1. The number of Topliss-reactive ketones (excluding diaryl/α,β-unsaturated/α-hetero) is 1. The number of hydrogen-bond acceptors (Lipinski definition) is 6. The summed E-state index contributed by atoms with van der Waals surface area (Å²) >= 11 is 0. The first-order valence-electron chi connectivity index (χ1n) is 9.45. The summed E-state index contributed by atoms with van der Waals surface area (Å²) in [4.78, 5) is 41.5. The molecular weight excluding hydrogens is 382 g/mol. The van der Waals surface area contributed by atoms with Crippen molar-refractivity contribution in [3.8, 4) is 0 Å². The number of rotatable bonds is 4. The maximum Gasteiger partial charge on any atom is 0.329 e. The smallest absolute Gasteiger partial charge is 0.329 e. The van der Waals surface area contributed by atoms with Crippen molar-refractivity contribution in [1.82, 2.24) is 15.0 Å². The second kappa shape index (κ2) is 6.43. The van der Waals surface area contributed by atoms with Crippen LogP contribution in [-0.4, -0.2) is 51.8 Å². The van der Waals surface area contributed by atoms with E-state index in [0.29, 0.717) is 18.2 Å². The highest BCUT2D eigenvalue weighted by Crippen LogP contribution is 2.51. The average Bonchev–Trinajstić information content (AvgIpc) is 3.09. The van der Waals surface area contributed by atoms with Gasteiger partial charge in [-0.2, -0.15) is 0 Å².